The number of benzene rings is 1. The first-order valence-electron chi connectivity index (χ1n) is 17.9. The number of carboxylic acid groups (broad SMARTS) is 1. The average molecular weight is 768 g/mol. The molecule has 0 spiro atoms. The second kappa shape index (κ2) is 22.9. The van der Waals surface area contributed by atoms with E-state index in [1.54, 1.807) is 72.7 Å². The van der Waals surface area contributed by atoms with Gasteiger partial charge >= 0.3 is 12.1 Å². The van der Waals surface area contributed by atoms with E-state index in [2.05, 4.69) is 26.6 Å². The molecule has 0 aromatic heterocycles. The summed E-state index contributed by atoms with van der Waals surface area (Å²) in [6.45, 7) is 15.6. The third-order valence-corrected chi connectivity index (χ3v) is 8.41. The van der Waals surface area contributed by atoms with Crippen LogP contribution in [-0.4, -0.2) is 100 Å². The second-order valence-electron chi connectivity index (χ2n) is 15.1. The fourth-order valence-electron chi connectivity index (χ4n) is 5.13. The Kier molecular flexibility index (Phi) is 20.3. The van der Waals surface area contributed by atoms with Gasteiger partial charge in [0.15, 0.2) is 6.61 Å². The number of carboxylic acids is 1. The molecule has 0 aliphatic carbocycles. The Balaban J connectivity index is 3.00. The summed E-state index contributed by atoms with van der Waals surface area (Å²) in [5, 5.41) is 33.7. The molecule has 0 aliphatic heterocycles. The van der Waals surface area contributed by atoms with Gasteiger partial charge in [-0.15, -0.1) is 0 Å². The molecule has 16 heteroatoms. The summed E-state index contributed by atoms with van der Waals surface area (Å²) in [5.41, 5.74) is -0.117. The summed E-state index contributed by atoms with van der Waals surface area (Å²) >= 11 is 1.48. The summed E-state index contributed by atoms with van der Waals surface area (Å²) in [6, 6.07) is 2.83. The fourth-order valence-corrected chi connectivity index (χ4v) is 5.60. The minimum atomic E-state index is -1.32. The Morgan fingerprint density at radius 3 is 2.02 bits per heavy atom. The molecule has 0 saturated heterocycles. The van der Waals surface area contributed by atoms with Crippen LogP contribution in [0.4, 0.5) is 4.79 Å². The third kappa shape index (κ3) is 19.0. The summed E-state index contributed by atoms with van der Waals surface area (Å²) in [6.07, 6.45) is -0.0346. The summed E-state index contributed by atoms with van der Waals surface area (Å²) in [7, 11) is 0. The van der Waals surface area contributed by atoms with Gasteiger partial charge in [0.05, 0.1) is 18.6 Å². The summed E-state index contributed by atoms with van der Waals surface area (Å²) in [5.74, 6) is -3.04. The molecule has 0 bridgehead atoms. The maximum atomic E-state index is 13.7. The number of rotatable bonds is 22. The molecular weight excluding hydrogens is 706 g/mol. The van der Waals surface area contributed by atoms with Crippen LogP contribution in [0.1, 0.15) is 87.1 Å². The number of hydrogen-bond acceptors (Lipinski definition) is 10. The van der Waals surface area contributed by atoms with Gasteiger partial charge in [0.2, 0.25) is 23.6 Å². The lowest BCUT2D eigenvalue weighted by atomic mass is 9.96. The minimum absolute atomic E-state index is 0.0165. The van der Waals surface area contributed by atoms with Crippen LogP contribution in [0, 0.1) is 17.8 Å². The standard InChI is InChI=1S/C37H61N5O10S/c1-21(2)16-27(40-33(47)26(14-15-53-10)39-35(49)32(23(5)6)42-36(50)52-37(7,8)9)28(43)18-29(44)41-31(22(3)4)34(48)38-19-24-12-11-13-25(17-24)51-20-30(45)46/h11-13,17,21-23,26-28,31-32,43H,14-16,18-20H2,1-10H3,(H,38,48)(H,39,49)(H,40,47)(H,41,44)(H,42,50)(H,45,46)/t26-,27?,28-,31+,32-/m0/s1. The van der Waals surface area contributed by atoms with Gasteiger partial charge in [0.1, 0.15) is 29.5 Å². The van der Waals surface area contributed by atoms with Gasteiger partial charge in [-0.2, -0.15) is 11.8 Å². The van der Waals surface area contributed by atoms with Gasteiger partial charge in [0, 0.05) is 6.54 Å². The molecule has 7 N–H and O–H groups in total. The van der Waals surface area contributed by atoms with Crippen LogP contribution in [0.5, 0.6) is 5.75 Å². The van der Waals surface area contributed by atoms with Gasteiger partial charge in [-0.25, -0.2) is 9.59 Å². The predicted molar refractivity (Wildman–Crippen MR) is 203 cm³/mol. The van der Waals surface area contributed by atoms with Gasteiger partial charge in [-0.05, 0) is 81.1 Å². The molecule has 53 heavy (non-hydrogen) atoms. The van der Waals surface area contributed by atoms with Crippen molar-refractivity contribution >= 4 is 47.5 Å². The predicted octanol–water partition coefficient (Wildman–Crippen LogP) is 2.98. The van der Waals surface area contributed by atoms with Crippen LogP contribution in [0.25, 0.3) is 0 Å². The molecule has 1 unspecified atom stereocenters. The van der Waals surface area contributed by atoms with Gasteiger partial charge < -0.3 is 46.3 Å². The number of carbonyl (C=O) groups is 6. The van der Waals surface area contributed by atoms with Crippen molar-refractivity contribution < 1.29 is 48.5 Å². The molecule has 0 heterocycles. The van der Waals surface area contributed by atoms with Crippen LogP contribution >= 0.6 is 11.8 Å². The number of aliphatic carboxylic acids is 1. The highest BCUT2D eigenvalue weighted by Crippen LogP contribution is 2.16. The molecular formula is C37H61N5O10S. The Hall–Kier alpha value is -4.05. The van der Waals surface area contributed by atoms with E-state index in [1.165, 1.54) is 11.8 Å². The summed E-state index contributed by atoms with van der Waals surface area (Å²) < 4.78 is 10.5. The van der Waals surface area contributed by atoms with Crippen molar-refractivity contribution in [3.63, 3.8) is 0 Å². The van der Waals surface area contributed by atoms with Crippen molar-refractivity contribution in [2.75, 3.05) is 18.6 Å². The molecule has 0 fully saturated rings. The van der Waals surface area contributed by atoms with E-state index in [9.17, 15) is 33.9 Å². The number of thioether (sulfide) groups is 1. The van der Waals surface area contributed by atoms with Crippen LogP contribution in [0.3, 0.4) is 0 Å². The highest BCUT2D eigenvalue weighted by Gasteiger charge is 2.33. The molecule has 5 atom stereocenters. The fraction of sp³-hybridized carbons (Fsp3) is 0.676. The number of aliphatic hydroxyl groups is 1. The minimum Gasteiger partial charge on any atom is -0.482 e. The molecule has 300 valence electrons. The molecule has 0 aliphatic rings. The van der Waals surface area contributed by atoms with E-state index in [0.29, 0.717) is 23.5 Å². The van der Waals surface area contributed by atoms with E-state index >= 15 is 0 Å². The number of ether oxygens (including phenoxy) is 2. The van der Waals surface area contributed by atoms with Crippen LogP contribution in [0.15, 0.2) is 24.3 Å². The zero-order chi connectivity index (χ0) is 40.5. The Morgan fingerprint density at radius 2 is 1.47 bits per heavy atom. The normalized spacial score (nSPS) is 14.4. The molecule has 0 radical (unpaired) electrons. The number of aliphatic hydroxyl groups excluding tert-OH is 1. The number of amides is 5. The number of hydrogen-bond donors (Lipinski definition) is 7. The van der Waals surface area contributed by atoms with Crippen LogP contribution < -0.4 is 31.3 Å². The van der Waals surface area contributed by atoms with Crippen LogP contribution in [-0.2, 0) is 35.3 Å². The van der Waals surface area contributed by atoms with Gasteiger partial charge in [0.25, 0.3) is 0 Å². The SMILES string of the molecule is CSCC[C@H](NC(=O)[C@@H](NC(=O)OC(C)(C)C)C(C)C)C(=O)NC(CC(C)C)[C@@H](O)CC(=O)N[C@@H](C(=O)NCc1cccc(OCC(=O)O)c1)C(C)C. The van der Waals surface area contributed by atoms with Crippen molar-refractivity contribution in [3.05, 3.63) is 29.8 Å². The first-order valence-corrected chi connectivity index (χ1v) is 19.3. The lowest BCUT2D eigenvalue weighted by Gasteiger charge is -2.30. The molecule has 0 saturated carbocycles. The van der Waals surface area contributed by atoms with E-state index in [1.807, 2.05) is 20.1 Å². The number of nitrogens with one attached hydrogen (secondary N) is 5. The Labute approximate surface area is 317 Å². The lowest BCUT2D eigenvalue weighted by Crippen LogP contribution is -2.58. The van der Waals surface area contributed by atoms with Crippen molar-refractivity contribution in [3.8, 4) is 5.75 Å². The third-order valence-electron chi connectivity index (χ3n) is 7.77. The largest absolute Gasteiger partial charge is 0.482 e. The van der Waals surface area contributed by atoms with Crippen LogP contribution in [0.2, 0.25) is 0 Å². The monoisotopic (exact) mass is 767 g/mol. The van der Waals surface area contributed by atoms with Crippen molar-refractivity contribution in [2.45, 2.75) is 124 Å². The maximum absolute atomic E-state index is 13.7. The number of alkyl carbamates (subject to hydrolysis) is 1. The maximum Gasteiger partial charge on any atom is 0.408 e. The van der Waals surface area contributed by atoms with E-state index < -0.39 is 84.6 Å². The zero-order valence-corrected chi connectivity index (χ0v) is 33.6. The first kappa shape index (κ1) is 47.0. The van der Waals surface area contributed by atoms with E-state index in [-0.39, 0.29) is 30.7 Å². The smallest absolute Gasteiger partial charge is 0.408 e. The van der Waals surface area contributed by atoms with E-state index in [4.69, 9.17) is 14.6 Å². The highest BCUT2D eigenvalue weighted by atomic mass is 32.2. The molecule has 1 rings (SSSR count). The molecule has 1 aromatic rings. The average Bonchev–Trinajstić information content (AvgIpc) is 3.04. The Morgan fingerprint density at radius 1 is 0.849 bits per heavy atom. The Bertz CT molecular complexity index is 1370. The molecule has 15 nitrogen and oxygen atoms in total. The summed E-state index contributed by atoms with van der Waals surface area (Å²) in [4.78, 5) is 76.7. The lowest BCUT2D eigenvalue weighted by molar-refractivity contribution is -0.139. The molecule has 1 aromatic carbocycles. The van der Waals surface area contributed by atoms with Gasteiger partial charge in [-0.1, -0.05) is 53.7 Å². The van der Waals surface area contributed by atoms with Crippen molar-refractivity contribution in [1.29, 1.82) is 0 Å². The number of carbonyl (C=O) groups excluding carboxylic acids is 5. The first-order chi connectivity index (χ1) is 24.6. The van der Waals surface area contributed by atoms with Crippen molar-refractivity contribution in [1.82, 2.24) is 26.6 Å². The van der Waals surface area contributed by atoms with Gasteiger partial charge in [-0.3, -0.25) is 19.2 Å². The second-order valence-corrected chi connectivity index (χ2v) is 16.0. The topological polar surface area (TPSA) is 221 Å². The van der Waals surface area contributed by atoms with Crippen molar-refractivity contribution in [2.24, 2.45) is 17.8 Å². The molecule has 5 amide bonds. The quantitative estimate of drug-likeness (QED) is 0.0909. The zero-order valence-electron chi connectivity index (χ0n) is 32.7. The highest BCUT2D eigenvalue weighted by molar-refractivity contribution is 7.98. The van der Waals surface area contributed by atoms with E-state index in [0.717, 1.165) is 0 Å².